The fourth-order valence-electron chi connectivity index (χ4n) is 3.52. The average Bonchev–Trinajstić information content (AvgIpc) is 2.61. The summed E-state index contributed by atoms with van der Waals surface area (Å²) in [5.74, 6) is 0.898. The first-order valence-electron chi connectivity index (χ1n) is 8.66. The Bertz CT molecular complexity index is 569. The Balaban J connectivity index is 1.58. The number of amides is 1. The molecule has 2 unspecified atom stereocenters. The molecular formula is C17H26N4O3. The molecule has 3 heterocycles. The quantitative estimate of drug-likeness (QED) is 0.824. The van der Waals surface area contributed by atoms with Gasteiger partial charge in [0.05, 0.1) is 19.6 Å². The highest BCUT2D eigenvalue weighted by atomic mass is 16.5. The van der Waals surface area contributed by atoms with Gasteiger partial charge in [0.1, 0.15) is 6.10 Å². The highest BCUT2D eigenvalue weighted by molar-refractivity contribution is 5.79. The summed E-state index contributed by atoms with van der Waals surface area (Å²) in [7, 11) is 3.62. The first-order valence-corrected chi connectivity index (χ1v) is 8.66. The van der Waals surface area contributed by atoms with Gasteiger partial charge in [-0.3, -0.25) is 4.79 Å². The van der Waals surface area contributed by atoms with Crippen LogP contribution in [-0.2, 0) is 4.79 Å². The second-order valence-electron chi connectivity index (χ2n) is 6.65. The summed E-state index contributed by atoms with van der Waals surface area (Å²) in [5.41, 5.74) is 0. The lowest BCUT2D eigenvalue weighted by Crippen LogP contribution is -2.49. The van der Waals surface area contributed by atoms with E-state index >= 15 is 0 Å². The minimum Gasteiger partial charge on any atom is -0.472 e. The maximum absolute atomic E-state index is 12.8. The third kappa shape index (κ3) is 4.14. The average molecular weight is 334 g/mol. The molecule has 1 amide bonds. The van der Waals surface area contributed by atoms with Crippen molar-refractivity contribution in [2.75, 3.05) is 40.3 Å². The van der Waals surface area contributed by atoms with Gasteiger partial charge < -0.3 is 19.3 Å². The molecule has 0 N–H and O–H groups in total. The van der Waals surface area contributed by atoms with Crippen molar-refractivity contribution in [3.63, 3.8) is 0 Å². The summed E-state index contributed by atoms with van der Waals surface area (Å²) < 4.78 is 11.0. The third-order valence-electron chi connectivity index (χ3n) is 4.74. The molecule has 2 fully saturated rings. The highest BCUT2D eigenvalue weighted by Gasteiger charge is 2.31. The molecule has 0 bridgehead atoms. The number of rotatable bonds is 4. The minimum atomic E-state index is -0.0244. The van der Waals surface area contributed by atoms with Gasteiger partial charge in [0.15, 0.2) is 0 Å². The normalized spacial score (nSPS) is 25.3. The Hall–Kier alpha value is -1.89. The fraction of sp³-hybridized carbons (Fsp3) is 0.706. The van der Waals surface area contributed by atoms with Gasteiger partial charge in [-0.05, 0) is 39.3 Å². The second-order valence-corrected chi connectivity index (χ2v) is 6.65. The number of methoxy groups -OCH3 is 1. The predicted molar refractivity (Wildman–Crippen MR) is 89.0 cm³/mol. The number of hydrogen-bond acceptors (Lipinski definition) is 6. The molecule has 7 heteroatoms. The van der Waals surface area contributed by atoms with Crippen molar-refractivity contribution in [2.45, 2.75) is 31.8 Å². The molecule has 0 radical (unpaired) electrons. The van der Waals surface area contributed by atoms with E-state index in [9.17, 15) is 4.79 Å². The molecule has 2 saturated heterocycles. The Morgan fingerprint density at radius 2 is 2.08 bits per heavy atom. The van der Waals surface area contributed by atoms with Gasteiger partial charge in [-0.1, -0.05) is 0 Å². The van der Waals surface area contributed by atoms with Gasteiger partial charge in [0.25, 0.3) is 0 Å². The number of carbonyl (C=O) groups is 1. The van der Waals surface area contributed by atoms with Gasteiger partial charge >= 0.3 is 6.01 Å². The van der Waals surface area contributed by atoms with Crippen molar-refractivity contribution in [1.82, 2.24) is 19.8 Å². The van der Waals surface area contributed by atoms with E-state index in [-0.39, 0.29) is 17.9 Å². The Labute approximate surface area is 143 Å². The second kappa shape index (κ2) is 7.79. The molecule has 2 aliphatic heterocycles. The van der Waals surface area contributed by atoms with Crippen LogP contribution in [0.4, 0.5) is 0 Å². The number of ether oxygens (including phenoxy) is 2. The van der Waals surface area contributed by atoms with Gasteiger partial charge in [-0.15, -0.1) is 0 Å². The number of likely N-dealkylation sites (tertiary alicyclic amines) is 2. The van der Waals surface area contributed by atoms with Crippen LogP contribution in [0.5, 0.6) is 11.9 Å². The van der Waals surface area contributed by atoms with Crippen LogP contribution in [0.15, 0.2) is 12.3 Å². The van der Waals surface area contributed by atoms with Gasteiger partial charge in [0, 0.05) is 25.4 Å². The van der Waals surface area contributed by atoms with Crippen LogP contribution in [0.25, 0.3) is 0 Å². The summed E-state index contributed by atoms with van der Waals surface area (Å²) >= 11 is 0. The maximum Gasteiger partial charge on any atom is 0.319 e. The zero-order chi connectivity index (χ0) is 16.9. The summed E-state index contributed by atoms with van der Waals surface area (Å²) in [6.07, 6.45) is 5.58. The maximum atomic E-state index is 12.8. The molecular weight excluding hydrogens is 308 g/mol. The summed E-state index contributed by atoms with van der Waals surface area (Å²) in [6, 6.07) is 2.01. The Morgan fingerprint density at radius 1 is 1.25 bits per heavy atom. The van der Waals surface area contributed by atoms with Crippen LogP contribution >= 0.6 is 0 Å². The lowest BCUT2D eigenvalue weighted by molar-refractivity contribution is -0.139. The molecule has 2 aliphatic rings. The Morgan fingerprint density at radius 3 is 2.88 bits per heavy atom. The molecule has 1 aromatic heterocycles. The molecule has 7 nitrogen and oxygen atoms in total. The fourth-order valence-corrected chi connectivity index (χ4v) is 3.52. The molecule has 0 spiro atoms. The van der Waals surface area contributed by atoms with E-state index < -0.39 is 0 Å². The Kier molecular flexibility index (Phi) is 5.50. The number of carbonyl (C=O) groups excluding carboxylic acids is 1. The summed E-state index contributed by atoms with van der Waals surface area (Å²) in [6.45, 7) is 3.41. The van der Waals surface area contributed by atoms with E-state index in [0.717, 1.165) is 45.3 Å². The lowest BCUT2D eigenvalue weighted by Gasteiger charge is -2.37. The zero-order valence-corrected chi connectivity index (χ0v) is 14.5. The first kappa shape index (κ1) is 17.0. The molecule has 1 aromatic rings. The first-order chi connectivity index (χ1) is 11.7. The van der Waals surface area contributed by atoms with Gasteiger partial charge in [-0.2, -0.15) is 4.98 Å². The van der Waals surface area contributed by atoms with Gasteiger partial charge in [0.2, 0.25) is 11.8 Å². The van der Waals surface area contributed by atoms with Crippen molar-refractivity contribution < 1.29 is 14.3 Å². The smallest absolute Gasteiger partial charge is 0.319 e. The predicted octanol–water partition coefficient (Wildman–Crippen LogP) is 1.20. The third-order valence-corrected chi connectivity index (χ3v) is 4.74. The van der Waals surface area contributed by atoms with E-state index in [1.807, 2.05) is 4.90 Å². The summed E-state index contributed by atoms with van der Waals surface area (Å²) in [4.78, 5) is 25.2. The summed E-state index contributed by atoms with van der Waals surface area (Å²) in [5, 5.41) is 0. The largest absolute Gasteiger partial charge is 0.472 e. The molecule has 0 aliphatic carbocycles. The van der Waals surface area contributed by atoms with Crippen molar-refractivity contribution >= 4 is 5.91 Å². The number of piperidine rings is 2. The molecule has 2 atom stereocenters. The van der Waals surface area contributed by atoms with Crippen LogP contribution in [0.1, 0.15) is 25.7 Å². The van der Waals surface area contributed by atoms with Crippen LogP contribution in [-0.4, -0.2) is 72.1 Å². The van der Waals surface area contributed by atoms with E-state index in [1.165, 1.54) is 7.11 Å². The number of nitrogens with zero attached hydrogens (tertiary/aromatic N) is 4. The van der Waals surface area contributed by atoms with Crippen LogP contribution in [0.2, 0.25) is 0 Å². The van der Waals surface area contributed by atoms with E-state index in [2.05, 4.69) is 21.9 Å². The van der Waals surface area contributed by atoms with E-state index in [1.54, 1.807) is 12.3 Å². The van der Waals surface area contributed by atoms with Crippen molar-refractivity contribution in [2.24, 2.45) is 5.92 Å². The van der Waals surface area contributed by atoms with Gasteiger partial charge in [-0.25, -0.2) is 4.98 Å². The molecule has 24 heavy (non-hydrogen) atoms. The van der Waals surface area contributed by atoms with E-state index in [4.69, 9.17) is 9.47 Å². The molecule has 3 rings (SSSR count). The van der Waals surface area contributed by atoms with E-state index in [0.29, 0.717) is 18.4 Å². The van der Waals surface area contributed by atoms with Crippen molar-refractivity contribution in [1.29, 1.82) is 0 Å². The van der Waals surface area contributed by atoms with Crippen molar-refractivity contribution in [3.05, 3.63) is 12.3 Å². The molecule has 0 aromatic carbocycles. The number of aromatic nitrogens is 2. The number of hydrogen-bond donors (Lipinski definition) is 0. The zero-order valence-electron chi connectivity index (χ0n) is 14.5. The van der Waals surface area contributed by atoms with Crippen molar-refractivity contribution in [3.8, 4) is 11.9 Å². The molecule has 132 valence electrons. The topological polar surface area (TPSA) is 67.8 Å². The van der Waals surface area contributed by atoms with Crippen LogP contribution < -0.4 is 9.47 Å². The monoisotopic (exact) mass is 334 g/mol. The van der Waals surface area contributed by atoms with Crippen LogP contribution in [0, 0.1) is 5.92 Å². The lowest BCUT2D eigenvalue weighted by atomic mass is 9.95. The minimum absolute atomic E-state index is 0.0244. The highest BCUT2D eigenvalue weighted by Crippen LogP contribution is 2.22. The SMILES string of the molecule is COc1nccc(OC2CCCN(C(=O)C3CCCN(C)C3)C2)n1. The standard InChI is InChI=1S/C17H26N4O3/c1-20-9-3-5-13(11-20)16(22)21-10-4-6-14(12-21)24-15-7-8-18-17(19-15)23-2/h7-8,13-14H,3-6,9-12H2,1-2H3. The van der Waals surface area contributed by atoms with Crippen LogP contribution in [0.3, 0.4) is 0 Å². The molecule has 0 saturated carbocycles.